The fourth-order valence-corrected chi connectivity index (χ4v) is 3.81. The fraction of sp³-hybridized carbons (Fsp3) is 0.125. The largest absolute Gasteiger partial charge is 0.263 e. The molecule has 0 amide bonds. The number of nitrogens with zero attached hydrogens (tertiary/aromatic N) is 5. The number of rotatable bonds is 3. The molecule has 5 rings (SSSR count). The Balaban J connectivity index is 1.71. The number of fused-ring (bicyclic) bond motifs is 3. The summed E-state index contributed by atoms with van der Waals surface area (Å²) in [6.07, 6.45) is 0. The third kappa shape index (κ3) is 3.27. The van der Waals surface area contributed by atoms with E-state index in [1.165, 1.54) is 5.56 Å². The van der Waals surface area contributed by atoms with Gasteiger partial charge in [-0.1, -0.05) is 71.8 Å². The highest BCUT2D eigenvalue weighted by Gasteiger charge is 2.26. The second-order valence-electron chi connectivity index (χ2n) is 7.40. The molecule has 0 bridgehead atoms. The normalized spacial score (nSPS) is 12.8. The van der Waals surface area contributed by atoms with E-state index in [9.17, 15) is 0 Å². The van der Waals surface area contributed by atoms with Crippen LogP contribution in [0.1, 0.15) is 28.1 Å². The van der Waals surface area contributed by atoms with Gasteiger partial charge >= 0.3 is 0 Å². The van der Waals surface area contributed by atoms with Gasteiger partial charge in [-0.05, 0) is 37.6 Å². The van der Waals surface area contributed by atoms with E-state index in [0.29, 0.717) is 17.5 Å². The van der Waals surface area contributed by atoms with E-state index < -0.39 is 0 Å². The van der Waals surface area contributed by atoms with Gasteiger partial charge in [0.2, 0.25) is 0 Å². The average Bonchev–Trinajstić information content (AvgIpc) is 3.08. The van der Waals surface area contributed by atoms with E-state index in [4.69, 9.17) is 16.7 Å². The summed E-state index contributed by atoms with van der Waals surface area (Å²) < 4.78 is 2.07. The van der Waals surface area contributed by atoms with Gasteiger partial charge in [-0.15, -0.1) is 10.2 Å². The van der Waals surface area contributed by atoms with Gasteiger partial charge in [-0.3, -0.25) is 4.57 Å². The van der Waals surface area contributed by atoms with Gasteiger partial charge in [0.25, 0.3) is 5.95 Å². The van der Waals surface area contributed by atoms with Crippen LogP contribution in [0.2, 0.25) is 5.02 Å². The summed E-state index contributed by atoms with van der Waals surface area (Å²) in [6, 6.07) is 24.5. The van der Waals surface area contributed by atoms with E-state index >= 15 is 0 Å². The van der Waals surface area contributed by atoms with E-state index in [2.05, 4.69) is 58.1 Å². The van der Waals surface area contributed by atoms with Crippen molar-refractivity contribution in [2.75, 3.05) is 5.01 Å². The van der Waals surface area contributed by atoms with Crippen LogP contribution in [0.15, 0.2) is 77.9 Å². The molecule has 148 valence electrons. The number of hydrazone groups is 1. The van der Waals surface area contributed by atoms with Crippen LogP contribution >= 0.6 is 11.6 Å². The SMILES string of the molecule is Cc1ccc(CN2N=C(c3ccc(Cl)cc3)c3ccccc3-n3c(C)nnc32)cc1. The molecule has 2 heterocycles. The molecule has 1 aliphatic rings. The van der Waals surface area contributed by atoms with Crippen molar-refractivity contribution >= 4 is 23.3 Å². The summed E-state index contributed by atoms with van der Waals surface area (Å²) in [4.78, 5) is 0. The van der Waals surface area contributed by atoms with Crippen molar-refractivity contribution < 1.29 is 0 Å². The molecule has 0 saturated carbocycles. The highest BCUT2D eigenvalue weighted by atomic mass is 35.5. The summed E-state index contributed by atoms with van der Waals surface area (Å²) in [5.74, 6) is 1.52. The lowest BCUT2D eigenvalue weighted by Crippen LogP contribution is -2.20. The maximum atomic E-state index is 6.14. The first-order chi connectivity index (χ1) is 14.6. The lowest BCUT2D eigenvalue weighted by molar-refractivity contribution is 0.796. The predicted molar refractivity (Wildman–Crippen MR) is 121 cm³/mol. The van der Waals surface area contributed by atoms with E-state index in [1.807, 2.05) is 48.3 Å². The van der Waals surface area contributed by atoms with Gasteiger partial charge < -0.3 is 0 Å². The van der Waals surface area contributed by atoms with Crippen molar-refractivity contribution in [1.82, 2.24) is 14.8 Å². The average molecular weight is 414 g/mol. The number of hydrogen-bond donors (Lipinski definition) is 0. The zero-order valence-corrected chi connectivity index (χ0v) is 17.5. The molecular formula is C24H20ClN5. The Hall–Kier alpha value is -3.44. The molecule has 0 radical (unpaired) electrons. The number of aryl methyl sites for hydroxylation is 2. The standard InChI is InChI=1S/C24H20ClN5/c1-16-7-9-18(10-8-16)15-29-24-27-26-17(2)30(24)22-6-4-3-5-21(22)23(28-29)19-11-13-20(25)14-12-19/h3-14H,15H2,1-2H3. The molecule has 0 spiro atoms. The molecule has 3 aromatic carbocycles. The van der Waals surface area contributed by atoms with E-state index in [-0.39, 0.29) is 0 Å². The molecular weight excluding hydrogens is 394 g/mol. The summed E-state index contributed by atoms with van der Waals surface area (Å²) in [5, 5.41) is 16.5. The van der Waals surface area contributed by atoms with Crippen LogP contribution in [0.3, 0.4) is 0 Å². The second kappa shape index (κ2) is 7.43. The van der Waals surface area contributed by atoms with Gasteiger partial charge in [0.05, 0.1) is 12.2 Å². The van der Waals surface area contributed by atoms with Crippen LogP contribution in [0, 0.1) is 13.8 Å². The Morgan fingerprint density at radius 1 is 0.833 bits per heavy atom. The van der Waals surface area contributed by atoms with E-state index in [0.717, 1.165) is 33.9 Å². The zero-order chi connectivity index (χ0) is 20.7. The van der Waals surface area contributed by atoms with Crippen molar-refractivity contribution in [1.29, 1.82) is 0 Å². The lowest BCUT2D eigenvalue weighted by atomic mass is 10.0. The Morgan fingerprint density at radius 3 is 2.33 bits per heavy atom. The molecule has 6 heteroatoms. The number of anilines is 1. The maximum absolute atomic E-state index is 6.14. The zero-order valence-electron chi connectivity index (χ0n) is 16.7. The van der Waals surface area contributed by atoms with E-state index in [1.54, 1.807) is 0 Å². The van der Waals surface area contributed by atoms with Gasteiger partial charge in [0.1, 0.15) is 11.5 Å². The minimum Gasteiger partial charge on any atom is -0.263 e. The number of para-hydroxylation sites is 1. The molecule has 1 aliphatic heterocycles. The van der Waals surface area contributed by atoms with Crippen molar-refractivity contribution in [3.05, 3.63) is 106 Å². The Labute approximate surface area is 180 Å². The molecule has 0 aliphatic carbocycles. The number of aromatic nitrogens is 3. The quantitative estimate of drug-likeness (QED) is 0.457. The van der Waals surface area contributed by atoms with Gasteiger partial charge in [0, 0.05) is 16.1 Å². The first-order valence-corrected chi connectivity index (χ1v) is 10.2. The molecule has 30 heavy (non-hydrogen) atoms. The van der Waals surface area contributed by atoms with Crippen LogP contribution in [0.4, 0.5) is 5.95 Å². The van der Waals surface area contributed by atoms with Crippen LogP contribution in [0.5, 0.6) is 0 Å². The minimum atomic E-state index is 0.587. The van der Waals surface area contributed by atoms with Crippen molar-refractivity contribution in [3.63, 3.8) is 0 Å². The van der Waals surface area contributed by atoms with Gasteiger partial charge in [-0.2, -0.15) is 5.10 Å². The van der Waals surface area contributed by atoms with Crippen molar-refractivity contribution in [2.24, 2.45) is 5.10 Å². The summed E-state index contributed by atoms with van der Waals surface area (Å²) in [6.45, 7) is 4.64. The third-order valence-electron chi connectivity index (χ3n) is 5.23. The Kier molecular flexibility index (Phi) is 4.60. The fourth-order valence-electron chi connectivity index (χ4n) is 3.68. The third-order valence-corrected chi connectivity index (χ3v) is 5.48. The van der Waals surface area contributed by atoms with Crippen LogP contribution in [-0.2, 0) is 6.54 Å². The smallest absolute Gasteiger partial charge is 0.252 e. The monoisotopic (exact) mass is 413 g/mol. The molecule has 0 unspecified atom stereocenters. The minimum absolute atomic E-state index is 0.587. The van der Waals surface area contributed by atoms with Gasteiger partial charge in [0.15, 0.2) is 0 Å². The molecule has 4 aromatic rings. The molecule has 0 N–H and O–H groups in total. The predicted octanol–water partition coefficient (Wildman–Crippen LogP) is 5.31. The summed E-state index contributed by atoms with van der Waals surface area (Å²) in [5.41, 5.74) is 6.28. The highest BCUT2D eigenvalue weighted by Crippen LogP contribution is 2.30. The van der Waals surface area contributed by atoms with Gasteiger partial charge in [-0.25, -0.2) is 5.01 Å². The topological polar surface area (TPSA) is 46.3 Å². The Morgan fingerprint density at radius 2 is 1.57 bits per heavy atom. The molecule has 0 atom stereocenters. The maximum Gasteiger partial charge on any atom is 0.252 e. The number of benzene rings is 3. The first-order valence-electron chi connectivity index (χ1n) is 9.79. The molecule has 0 fully saturated rings. The number of halogens is 1. The molecule has 0 saturated heterocycles. The number of hydrogen-bond acceptors (Lipinski definition) is 4. The summed E-state index contributed by atoms with van der Waals surface area (Å²) >= 11 is 6.14. The van der Waals surface area contributed by atoms with Crippen LogP contribution < -0.4 is 5.01 Å². The second-order valence-corrected chi connectivity index (χ2v) is 7.83. The summed E-state index contributed by atoms with van der Waals surface area (Å²) in [7, 11) is 0. The first kappa shape index (κ1) is 18.6. The van der Waals surface area contributed by atoms with Crippen LogP contribution in [-0.4, -0.2) is 20.5 Å². The molecule has 5 nitrogen and oxygen atoms in total. The Bertz CT molecular complexity index is 1240. The van der Waals surface area contributed by atoms with Crippen LogP contribution in [0.25, 0.3) is 5.69 Å². The highest BCUT2D eigenvalue weighted by molar-refractivity contribution is 6.30. The van der Waals surface area contributed by atoms with Crippen molar-refractivity contribution in [3.8, 4) is 5.69 Å². The lowest BCUT2D eigenvalue weighted by Gasteiger charge is -2.18. The molecule has 1 aromatic heterocycles. The van der Waals surface area contributed by atoms with Crippen molar-refractivity contribution in [2.45, 2.75) is 20.4 Å².